The van der Waals surface area contributed by atoms with Gasteiger partial charge in [-0.05, 0) is 178 Å². The fourth-order valence-corrected chi connectivity index (χ4v) is 17.5. The van der Waals surface area contributed by atoms with Crippen LogP contribution in [0.1, 0.15) is 33.4 Å². The topological polar surface area (TPSA) is 57.4 Å². The summed E-state index contributed by atoms with van der Waals surface area (Å²) in [7, 11) is -1.97. The minimum atomic E-state index is -0.985. The number of benzene rings is 12. The monoisotopic (exact) mass is 1070 g/mol. The van der Waals surface area contributed by atoms with Gasteiger partial charge in [0.25, 0.3) is 0 Å². The van der Waals surface area contributed by atoms with E-state index in [1.54, 1.807) is 0 Å². The van der Waals surface area contributed by atoms with Crippen LogP contribution in [-0.2, 0) is 5.41 Å². The molecule has 15 rings (SSSR count). The Bertz CT molecular complexity index is 4430. The predicted octanol–water partition coefficient (Wildman–Crippen LogP) is 15.5. The Balaban J connectivity index is 1.08. The van der Waals surface area contributed by atoms with Crippen LogP contribution in [0, 0.1) is 22.7 Å². The standard InChI is InChI=1S/C75H48N4P2/c76-49-51-29-35-55(36-30-51)78-71-27-15-13-25-65(71)67-45-53(33-43-73(67)78)75(54-34-44-74-68(46-54)66-26-14-16-28-72(66)79(74)56-37-31-52(50-77)32-38-56)69-47-61(80(57-17-5-1-6-18-57)58-19-7-2-8-20-58)39-41-63(69)64-42-40-62(48-70(64)75)81(59-21-9-3-10-22-59)60-23-11-4-12-24-60/h1-48H. The third-order valence-electron chi connectivity index (χ3n) is 16.4. The first kappa shape index (κ1) is 48.2. The Morgan fingerprint density at radius 2 is 0.617 bits per heavy atom. The zero-order valence-corrected chi connectivity index (χ0v) is 45.7. The van der Waals surface area contributed by atoms with Crippen LogP contribution in [0.15, 0.2) is 291 Å². The molecule has 0 spiro atoms. The molecule has 0 N–H and O–H groups in total. The van der Waals surface area contributed by atoms with Crippen LogP contribution in [0.3, 0.4) is 0 Å². The molecule has 0 fully saturated rings. The van der Waals surface area contributed by atoms with Gasteiger partial charge in [0.15, 0.2) is 0 Å². The smallest absolute Gasteiger partial charge is 0.0991 e. The summed E-state index contributed by atoms with van der Waals surface area (Å²) in [4.78, 5) is 0. The van der Waals surface area contributed by atoms with Crippen molar-refractivity contribution in [1.29, 1.82) is 10.5 Å². The van der Waals surface area contributed by atoms with E-state index in [2.05, 4.69) is 288 Å². The van der Waals surface area contributed by atoms with Crippen molar-refractivity contribution in [2.24, 2.45) is 0 Å². The molecule has 2 heterocycles. The first-order valence-electron chi connectivity index (χ1n) is 27.3. The molecular formula is C75H48N4P2. The molecule has 0 saturated heterocycles. The van der Waals surface area contributed by atoms with Crippen molar-refractivity contribution in [3.63, 3.8) is 0 Å². The van der Waals surface area contributed by atoms with Crippen molar-refractivity contribution < 1.29 is 0 Å². The molecule has 2 aromatic heterocycles. The summed E-state index contributed by atoms with van der Waals surface area (Å²) < 4.78 is 4.69. The quantitative estimate of drug-likeness (QED) is 0.128. The molecule has 0 saturated carbocycles. The van der Waals surface area contributed by atoms with Crippen LogP contribution in [0.5, 0.6) is 0 Å². The lowest BCUT2D eigenvalue weighted by atomic mass is 9.67. The highest BCUT2D eigenvalue weighted by Crippen LogP contribution is 2.58. The fourth-order valence-electron chi connectivity index (χ4n) is 12.9. The van der Waals surface area contributed by atoms with Gasteiger partial charge in [-0.1, -0.05) is 194 Å². The third-order valence-corrected chi connectivity index (χ3v) is 21.2. The van der Waals surface area contributed by atoms with Crippen LogP contribution in [-0.4, -0.2) is 9.13 Å². The lowest BCUT2D eigenvalue weighted by Gasteiger charge is -2.35. The average Bonchev–Trinajstić information content (AvgIpc) is 2.20. The summed E-state index contributed by atoms with van der Waals surface area (Å²) >= 11 is 0. The number of fused-ring (bicyclic) bond motifs is 9. The molecule has 4 nitrogen and oxygen atoms in total. The molecule has 0 atom stereocenters. The van der Waals surface area contributed by atoms with Gasteiger partial charge in [-0.25, -0.2) is 0 Å². The molecule has 1 aliphatic carbocycles. The molecule has 0 aliphatic heterocycles. The van der Waals surface area contributed by atoms with Crippen molar-refractivity contribution in [1.82, 2.24) is 9.13 Å². The highest BCUT2D eigenvalue weighted by molar-refractivity contribution is 7.80. The first-order valence-corrected chi connectivity index (χ1v) is 30.0. The number of hydrogen-bond donors (Lipinski definition) is 0. The number of nitrogens with zero attached hydrogens (tertiary/aromatic N) is 4. The lowest BCUT2D eigenvalue weighted by Crippen LogP contribution is -2.31. The molecule has 378 valence electrons. The number of aromatic nitrogens is 2. The number of para-hydroxylation sites is 2. The van der Waals surface area contributed by atoms with Crippen molar-refractivity contribution in [3.05, 3.63) is 325 Å². The Morgan fingerprint density at radius 1 is 0.284 bits per heavy atom. The Kier molecular flexibility index (Phi) is 11.8. The second kappa shape index (κ2) is 19.8. The summed E-state index contributed by atoms with van der Waals surface area (Å²) in [5.74, 6) is 0. The lowest BCUT2D eigenvalue weighted by molar-refractivity contribution is 0.773. The van der Waals surface area contributed by atoms with Crippen molar-refractivity contribution in [3.8, 4) is 34.6 Å². The van der Waals surface area contributed by atoms with Crippen LogP contribution >= 0.6 is 15.8 Å². The average molecular weight is 1070 g/mol. The second-order valence-electron chi connectivity index (χ2n) is 20.7. The second-order valence-corrected chi connectivity index (χ2v) is 25.1. The molecule has 0 bridgehead atoms. The van der Waals surface area contributed by atoms with E-state index >= 15 is 0 Å². The molecule has 1 aliphatic rings. The van der Waals surface area contributed by atoms with Crippen LogP contribution in [0.25, 0.3) is 66.1 Å². The van der Waals surface area contributed by atoms with Gasteiger partial charge in [0.1, 0.15) is 0 Å². The summed E-state index contributed by atoms with van der Waals surface area (Å²) in [5, 5.41) is 32.1. The van der Waals surface area contributed by atoms with Crippen molar-refractivity contribution in [2.45, 2.75) is 5.41 Å². The van der Waals surface area contributed by atoms with Gasteiger partial charge in [0, 0.05) is 32.9 Å². The van der Waals surface area contributed by atoms with E-state index in [1.165, 1.54) is 65.2 Å². The van der Waals surface area contributed by atoms with Crippen molar-refractivity contribution >= 4 is 91.3 Å². The summed E-state index contributed by atoms with van der Waals surface area (Å²) in [6.07, 6.45) is 0. The van der Waals surface area contributed by atoms with E-state index in [4.69, 9.17) is 0 Å². The maximum Gasteiger partial charge on any atom is 0.0991 e. The van der Waals surface area contributed by atoms with E-state index < -0.39 is 21.3 Å². The van der Waals surface area contributed by atoms with Crippen LogP contribution < -0.4 is 31.8 Å². The molecule has 0 amide bonds. The Labute approximate surface area is 472 Å². The number of nitriles is 2. The van der Waals surface area contributed by atoms with Gasteiger partial charge in [-0.15, -0.1) is 0 Å². The SMILES string of the molecule is N#Cc1ccc(-n2c3ccccc3c3cc(C4(c5ccc6c(c5)c5ccccc5n6-c5ccc(C#N)cc5)c5cc(P(c6ccccc6)c6ccccc6)ccc5-c5ccc(P(c6ccccc6)c6ccccc6)cc54)ccc32)cc1. The maximum atomic E-state index is 9.84. The van der Waals surface area contributed by atoms with Gasteiger partial charge >= 0.3 is 0 Å². The summed E-state index contributed by atoms with van der Waals surface area (Å²) in [6, 6.07) is 112. The van der Waals surface area contributed by atoms with E-state index in [0.29, 0.717) is 11.1 Å². The highest BCUT2D eigenvalue weighted by Gasteiger charge is 2.48. The summed E-state index contributed by atoms with van der Waals surface area (Å²) in [6.45, 7) is 0. The first-order chi connectivity index (χ1) is 40.1. The molecule has 81 heavy (non-hydrogen) atoms. The van der Waals surface area contributed by atoms with Crippen LogP contribution in [0.4, 0.5) is 0 Å². The normalized spacial score (nSPS) is 12.5. The van der Waals surface area contributed by atoms with Gasteiger partial charge < -0.3 is 9.13 Å². The van der Waals surface area contributed by atoms with E-state index in [1.807, 2.05) is 24.3 Å². The van der Waals surface area contributed by atoms with E-state index in [-0.39, 0.29) is 0 Å². The maximum absolute atomic E-state index is 9.84. The van der Waals surface area contributed by atoms with Gasteiger partial charge in [0.2, 0.25) is 0 Å². The number of rotatable bonds is 10. The fraction of sp³-hybridized carbons (Fsp3) is 0.0133. The Hall–Kier alpha value is -9.92. The molecule has 14 aromatic rings. The molecule has 0 radical (unpaired) electrons. The zero-order chi connectivity index (χ0) is 54.0. The number of hydrogen-bond acceptors (Lipinski definition) is 2. The predicted molar refractivity (Wildman–Crippen MR) is 339 cm³/mol. The molecule has 6 heteroatoms. The zero-order valence-electron chi connectivity index (χ0n) is 43.9. The molecule has 0 unspecified atom stereocenters. The van der Waals surface area contributed by atoms with Crippen LogP contribution in [0.2, 0.25) is 0 Å². The third kappa shape index (κ3) is 7.80. The summed E-state index contributed by atoms with van der Waals surface area (Å²) in [5.41, 5.74) is 14.1. The minimum absolute atomic E-state index is 0.629. The molecule has 12 aromatic carbocycles. The van der Waals surface area contributed by atoms with Gasteiger partial charge in [-0.3, -0.25) is 0 Å². The van der Waals surface area contributed by atoms with Crippen molar-refractivity contribution in [2.75, 3.05) is 0 Å². The Morgan fingerprint density at radius 3 is 0.975 bits per heavy atom. The largest absolute Gasteiger partial charge is 0.309 e. The minimum Gasteiger partial charge on any atom is -0.309 e. The van der Waals surface area contributed by atoms with E-state index in [9.17, 15) is 10.5 Å². The van der Waals surface area contributed by atoms with Gasteiger partial charge in [-0.2, -0.15) is 10.5 Å². The highest BCUT2D eigenvalue weighted by atomic mass is 31.1. The molecular weight excluding hydrogens is 1020 g/mol. The van der Waals surface area contributed by atoms with Gasteiger partial charge in [0.05, 0.1) is 50.7 Å². The van der Waals surface area contributed by atoms with E-state index in [0.717, 1.165) is 55.0 Å².